The molecule has 0 unspecified atom stereocenters. The molecule has 22 heavy (non-hydrogen) atoms. The molecule has 1 aliphatic heterocycles. The van der Waals surface area contributed by atoms with Gasteiger partial charge in [-0.1, -0.05) is 24.0 Å². The Balaban J connectivity index is 1.87. The van der Waals surface area contributed by atoms with E-state index in [1.165, 1.54) is 31.5 Å². The zero-order valence-electron chi connectivity index (χ0n) is 12.8. The molecular formula is C16H20N2O2S2. The van der Waals surface area contributed by atoms with Gasteiger partial charge in [-0.2, -0.15) is 0 Å². The lowest BCUT2D eigenvalue weighted by atomic mass is 10.1. The SMILES string of the molecule is CC(=O)c1ccc(NC(=O)[C@H](C)SC(=S)N2CCCC2)cc1. The number of nitrogens with one attached hydrogen (secondary N) is 1. The Kier molecular flexibility index (Phi) is 5.97. The summed E-state index contributed by atoms with van der Waals surface area (Å²) < 4.78 is 0.798. The van der Waals surface area contributed by atoms with Gasteiger partial charge in [-0.05, 0) is 51.0 Å². The first kappa shape index (κ1) is 17.0. The van der Waals surface area contributed by atoms with Gasteiger partial charge in [-0.15, -0.1) is 0 Å². The van der Waals surface area contributed by atoms with Crippen LogP contribution in [0.4, 0.5) is 5.69 Å². The van der Waals surface area contributed by atoms with E-state index < -0.39 is 0 Å². The number of nitrogens with zero attached hydrogens (tertiary/aromatic N) is 1. The number of ketones is 1. The molecule has 0 spiro atoms. The zero-order valence-corrected chi connectivity index (χ0v) is 14.4. The van der Waals surface area contributed by atoms with Crippen LogP contribution in [0.15, 0.2) is 24.3 Å². The maximum absolute atomic E-state index is 12.2. The van der Waals surface area contributed by atoms with Crippen LogP contribution in [-0.2, 0) is 4.79 Å². The Hall–Kier alpha value is -1.40. The minimum Gasteiger partial charge on any atom is -0.358 e. The fraction of sp³-hybridized carbons (Fsp3) is 0.438. The standard InChI is InChI=1S/C16H20N2O2S2/c1-11(19)13-5-7-14(8-6-13)17-15(20)12(2)22-16(21)18-9-3-4-10-18/h5-8,12H,3-4,9-10H2,1-2H3,(H,17,20)/t12-/m0/s1. The van der Waals surface area contributed by atoms with Gasteiger partial charge in [-0.25, -0.2) is 0 Å². The molecule has 1 aromatic rings. The molecular weight excluding hydrogens is 316 g/mol. The lowest BCUT2D eigenvalue weighted by molar-refractivity contribution is -0.115. The maximum atomic E-state index is 12.2. The molecule has 1 heterocycles. The molecule has 1 saturated heterocycles. The van der Waals surface area contributed by atoms with E-state index in [-0.39, 0.29) is 16.9 Å². The number of amides is 1. The normalized spacial score (nSPS) is 15.5. The largest absolute Gasteiger partial charge is 0.358 e. The van der Waals surface area contributed by atoms with Crippen LogP contribution in [0.3, 0.4) is 0 Å². The minimum absolute atomic E-state index is 0.0118. The monoisotopic (exact) mass is 336 g/mol. The van der Waals surface area contributed by atoms with E-state index in [9.17, 15) is 9.59 Å². The Bertz CT molecular complexity index is 566. The molecule has 0 bridgehead atoms. The van der Waals surface area contributed by atoms with Crippen molar-refractivity contribution in [3.05, 3.63) is 29.8 Å². The van der Waals surface area contributed by atoms with Crippen LogP contribution >= 0.6 is 24.0 Å². The second-order valence-electron chi connectivity index (χ2n) is 5.34. The highest BCUT2D eigenvalue weighted by atomic mass is 32.2. The van der Waals surface area contributed by atoms with E-state index >= 15 is 0 Å². The fourth-order valence-corrected chi connectivity index (χ4v) is 3.63. The molecule has 1 fully saturated rings. The van der Waals surface area contributed by atoms with E-state index in [1.54, 1.807) is 24.3 Å². The second kappa shape index (κ2) is 7.74. The van der Waals surface area contributed by atoms with Crippen molar-refractivity contribution in [3.63, 3.8) is 0 Å². The number of Topliss-reactive ketones (excluding diaryl/α,β-unsaturated/α-hetero) is 1. The van der Waals surface area contributed by atoms with Crippen LogP contribution in [0.2, 0.25) is 0 Å². The number of hydrogen-bond donors (Lipinski definition) is 1. The van der Waals surface area contributed by atoms with Gasteiger partial charge >= 0.3 is 0 Å². The summed E-state index contributed by atoms with van der Waals surface area (Å²) in [6.45, 7) is 5.36. The van der Waals surface area contributed by atoms with Crippen LogP contribution in [0.25, 0.3) is 0 Å². The smallest absolute Gasteiger partial charge is 0.237 e. The highest BCUT2D eigenvalue weighted by Gasteiger charge is 2.21. The molecule has 1 N–H and O–H groups in total. The molecule has 1 aromatic carbocycles. The first-order chi connectivity index (χ1) is 10.5. The average molecular weight is 336 g/mol. The molecule has 0 radical (unpaired) electrons. The first-order valence-corrected chi connectivity index (χ1v) is 8.63. The van der Waals surface area contributed by atoms with Crippen LogP contribution in [-0.4, -0.2) is 39.3 Å². The van der Waals surface area contributed by atoms with Gasteiger partial charge in [0.1, 0.15) is 4.32 Å². The molecule has 6 heteroatoms. The lowest BCUT2D eigenvalue weighted by Gasteiger charge is -2.20. The Labute approximate surface area is 140 Å². The molecule has 0 aliphatic carbocycles. The highest BCUT2D eigenvalue weighted by Crippen LogP contribution is 2.21. The molecule has 4 nitrogen and oxygen atoms in total. The third-order valence-electron chi connectivity index (χ3n) is 3.57. The number of thioether (sulfide) groups is 1. The Morgan fingerprint density at radius 2 is 1.82 bits per heavy atom. The minimum atomic E-state index is -0.249. The number of rotatable bonds is 4. The Morgan fingerprint density at radius 1 is 1.23 bits per heavy atom. The maximum Gasteiger partial charge on any atom is 0.237 e. The van der Waals surface area contributed by atoms with Crippen molar-refractivity contribution >= 4 is 45.7 Å². The molecule has 118 valence electrons. The molecule has 1 amide bonds. The number of benzene rings is 1. The van der Waals surface area contributed by atoms with Crippen molar-refractivity contribution in [2.75, 3.05) is 18.4 Å². The first-order valence-electron chi connectivity index (χ1n) is 7.35. The number of thiocarbonyl (C=S) groups is 1. The fourth-order valence-electron chi connectivity index (χ4n) is 2.21. The number of carbonyl (C=O) groups excluding carboxylic acids is 2. The van der Waals surface area contributed by atoms with Crippen LogP contribution in [0.1, 0.15) is 37.0 Å². The third kappa shape index (κ3) is 4.55. The zero-order chi connectivity index (χ0) is 16.1. The molecule has 1 atom stereocenters. The summed E-state index contributed by atoms with van der Waals surface area (Å²) in [5.41, 5.74) is 1.32. The predicted molar refractivity (Wildman–Crippen MR) is 95.5 cm³/mol. The van der Waals surface area contributed by atoms with Gasteiger partial charge < -0.3 is 10.2 Å². The molecule has 1 aliphatic rings. The van der Waals surface area contributed by atoms with Gasteiger partial charge in [-0.3, -0.25) is 9.59 Å². The van der Waals surface area contributed by atoms with Crippen LogP contribution in [0.5, 0.6) is 0 Å². The number of carbonyl (C=O) groups is 2. The molecule has 0 aromatic heterocycles. The summed E-state index contributed by atoms with van der Waals surface area (Å²) in [5.74, 6) is -0.0696. The van der Waals surface area contributed by atoms with E-state index in [0.29, 0.717) is 11.3 Å². The van der Waals surface area contributed by atoms with Crippen molar-refractivity contribution in [1.82, 2.24) is 4.90 Å². The summed E-state index contributed by atoms with van der Waals surface area (Å²) in [7, 11) is 0. The van der Waals surface area contributed by atoms with Gasteiger partial charge in [0.05, 0.1) is 5.25 Å². The predicted octanol–water partition coefficient (Wildman–Crippen LogP) is 3.33. The Morgan fingerprint density at radius 3 is 2.36 bits per heavy atom. The second-order valence-corrected chi connectivity index (χ2v) is 7.32. The lowest BCUT2D eigenvalue weighted by Crippen LogP contribution is -2.29. The summed E-state index contributed by atoms with van der Waals surface area (Å²) in [5, 5.41) is 2.61. The van der Waals surface area contributed by atoms with Crippen molar-refractivity contribution in [1.29, 1.82) is 0 Å². The van der Waals surface area contributed by atoms with Gasteiger partial charge in [0, 0.05) is 24.3 Å². The molecule has 0 saturated carbocycles. The van der Waals surface area contributed by atoms with E-state index in [1.807, 2.05) is 6.92 Å². The third-order valence-corrected chi connectivity index (χ3v) is 5.14. The summed E-state index contributed by atoms with van der Waals surface area (Å²) in [6.07, 6.45) is 2.34. The van der Waals surface area contributed by atoms with Gasteiger partial charge in [0.2, 0.25) is 5.91 Å². The van der Waals surface area contributed by atoms with E-state index in [4.69, 9.17) is 12.2 Å². The van der Waals surface area contributed by atoms with Crippen LogP contribution < -0.4 is 5.32 Å². The number of likely N-dealkylation sites (tertiary alicyclic amines) is 1. The summed E-state index contributed by atoms with van der Waals surface area (Å²) >= 11 is 6.81. The quantitative estimate of drug-likeness (QED) is 0.675. The van der Waals surface area contributed by atoms with Gasteiger partial charge in [0.25, 0.3) is 0 Å². The van der Waals surface area contributed by atoms with Crippen molar-refractivity contribution in [2.24, 2.45) is 0 Å². The topological polar surface area (TPSA) is 49.4 Å². The summed E-state index contributed by atoms with van der Waals surface area (Å²) in [6, 6.07) is 6.91. The van der Waals surface area contributed by atoms with Crippen molar-refractivity contribution in [2.45, 2.75) is 31.9 Å². The van der Waals surface area contributed by atoms with E-state index in [2.05, 4.69) is 10.2 Å². The van der Waals surface area contributed by atoms with Crippen molar-refractivity contribution in [3.8, 4) is 0 Å². The number of anilines is 1. The highest BCUT2D eigenvalue weighted by molar-refractivity contribution is 8.23. The van der Waals surface area contributed by atoms with Crippen LogP contribution in [0, 0.1) is 0 Å². The molecule has 2 rings (SSSR count). The van der Waals surface area contributed by atoms with Gasteiger partial charge in [0.15, 0.2) is 5.78 Å². The number of hydrogen-bond acceptors (Lipinski definition) is 4. The average Bonchev–Trinajstić information content (AvgIpc) is 3.02. The van der Waals surface area contributed by atoms with E-state index in [0.717, 1.165) is 17.4 Å². The van der Waals surface area contributed by atoms with Crippen molar-refractivity contribution < 1.29 is 9.59 Å². The summed E-state index contributed by atoms with van der Waals surface area (Å²) in [4.78, 5) is 25.6.